The highest BCUT2D eigenvalue weighted by molar-refractivity contribution is 6.07. The molecule has 12 rings (SSSR count). The minimum Gasteiger partial charge on any atom is -0.350 e. The van der Waals surface area contributed by atoms with E-state index in [-0.39, 0.29) is 11.8 Å². The Morgan fingerprint density at radius 1 is 0.500 bits per heavy atom. The Morgan fingerprint density at radius 2 is 1.00 bits per heavy atom. The SMILES string of the molecule is C1CCNC1.O=C1NCCn2c(-c3ccc(/C=C/c4ccccc4)cc3)nc3cccc1c32.O=C1NCCn2c(-c3ccc(C(Cc4ccccc4)N4CCCC4)cc3)nc3cccc1c32. The van der Waals surface area contributed by atoms with E-state index in [1.807, 2.05) is 54.6 Å². The summed E-state index contributed by atoms with van der Waals surface area (Å²) in [5.74, 6) is 1.78. The molecular weight excluding hydrogens is 817 g/mol. The first kappa shape index (κ1) is 42.8. The first-order valence-electron chi connectivity index (χ1n) is 23.5. The van der Waals surface area contributed by atoms with Gasteiger partial charge in [0, 0.05) is 43.3 Å². The van der Waals surface area contributed by atoms with Crippen molar-refractivity contribution in [3.8, 4) is 22.8 Å². The van der Waals surface area contributed by atoms with Crippen LogP contribution in [-0.2, 0) is 19.5 Å². The minimum atomic E-state index is -0.0304. The summed E-state index contributed by atoms with van der Waals surface area (Å²) in [6.07, 6.45) is 10.6. The van der Waals surface area contributed by atoms with Crippen LogP contribution in [0.25, 0.3) is 57.0 Å². The maximum absolute atomic E-state index is 12.5. The lowest BCUT2D eigenvalue weighted by Gasteiger charge is -2.28. The molecule has 1 atom stereocenters. The summed E-state index contributed by atoms with van der Waals surface area (Å²) in [4.78, 5) is 37.2. The lowest BCUT2D eigenvalue weighted by molar-refractivity contribution is 0.0948. The highest BCUT2D eigenvalue weighted by atomic mass is 16.2. The fourth-order valence-electron chi connectivity index (χ4n) is 9.69. The summed E-state index contributed by atoms with van der Waals surface area (Å²) in [6, 6.07) is 50.3. The van der Waals surface area contributed by atoms with E-state index >= 15 is 0 Å². The second-order valence-corrected chi connectivity index (χ2v) is 17.4. The number of nitrogens with zero attached hydrogens (tertiary/aromatic N) is 5. The molecule has 0 radical (unpaired) electrons. The molecule has 4 aliphatic heterocycles. The molecule has 2 aromatic heterocycles. The fraction of sp³-hybridized carbons (Fsp3) is 0.250. The third kappa shape index (κ3) is 9.34. The number of amides is 2. The van der Waals surface area contributed by atoms with E-state index in [9.17, 15) is 9.59 Å². The van der Waals surface area contributed by atoms with Crippen molar-refractivity contribution in [1.29, 1.82) is 0 Å². The normalized spacial score (nSPS) is 16.2. The van der Waals surface area contributed by atoms with Gasteiger partial charge in [-0.2, -0.15) is 0 Å². The Labute approximate surface area is 386 Å². The Bertz CT molecular complexity index is 2960. The largest absolute Gasteiger partial charge is 0.350 e. The van der Waals surface area contributed by atoms with Crippen molar-refractivity contribution in [1.82, 2.24) is 40.0 Å². The average Bonchev–Trinajstić information content (AvgIpc) is 4.21. The number of aromatic nitrogens is 4. The molecule has 0 spiro atoms. The third-order valence-electron chi connectivity index (χ3n) is 13.1. The quantitative estimate of drug-likeness (QED) is 0.131. The summed E-state index contributed by atoms with van der Waals surface area (Å²) in [6.45, 7) is 7.48. The van der Waals surface area contributed by atoms with Crippen molar-refractivity contribution < 1.29 is 9.59 Å². The third-order valence-corrected chi connectivity index (χ3v) is 13.1. The smallest absolute Gasteiger partial charge is 0.253 e. The second kappa shape index (κ2) is 19.9. The monoisotopic (exact) mass is 872 g/mol. The molecule has 2 fully saturated rings. The maximum atomic E-state index is 12.5. The highest BCUT2D eigenvalue weighted by Gasteiger charge is 2.26. The first-order chi connectivity index (χ1) is 32.6. The summed E-state index contributed by atoms with van der Waals surface area (Å²) >= 11 is 0. The molecule has 66 heavy (non-hydrogen) atoms. The number of hydrogen-bond donors (Lipinski definition) is 3. The van der Waals surface area contributed by atoms with Gasteiger partial charge in [0.25, 0.3) is 11.8 Å². The topological polar surface area (TPSA) is 109 Å². The van der Waals surface area contributed by atoms with Gasteiger partial charge in [-0.05, 0) is 105 Å². The van der Waals surface area contributed by atoms with E-state index in [0.29, 0.717) is 36.8 Å². The minimum absolute atomic E-state index is 0.0180. The Kier molecular flexibility index (Phi) is 12.9. The number of hydrogen-bond acceptors (Lipinski definition) is 6. The van der Waals surface area contributed by atoms with Crippen LogP contribution < -0.4 is 16.0 Å². The fourth-order valence-corrected chi connectivity index (χ4v) is 9.69. The van der Waals surface area contributed by atoms with Crippen LogP contribution >= 0.6 is 0 Å². The molecule has 3 N–H and O–H groups in total. The zero-order chi connectivity index (χ0) is 44.7. The maximum Gasteiger partial charge on any atom is 0.253 e. The molecule has 8 aromatic rings. The number of benzene rings is 6. The summed E-state index contributed by atoms with van der Waals surface area (Å²) in [7, 11) is 0. The van der Waals surface area contributed by atoms with Crippen LogP contribution in [0.3, 0.4) is 0 Å². The van der Waals surface area contributed by atoms with Gasteiger partial charge in [0.15, 0.2) is 0 Å². The van der Waals surface area contributed by atoms with Crippen LogP contribution in [-0.4, -0.2) is 75.1 Å². The molecule has 0 aliphatic carbocycles. The molecule has 0 saturated carbocycles. The van der Waals surface area contributed by atoms with Gasteiger partial charge in [-0.3, -0.25) is 14.5 Å². The summed E-state index contributed by atoms with van der Waals surface area (Å²) < 4.78 is 4.34. The molecule has 332 valence electrons. The molecule has 6 aromatic carbocycles. The molecule has 4 aliphatic rings. The van der Waals surface area contributed by atoms with Crippen LogP contribution in [0.1, 0.15) is 74.7 Å². The van der Waals surface area contributed by atoms with Gasteiger partial charge in [0.1, 0.15) is 11.6 Å². The van der Waals surface area contributed by atoms with E-state index in [1.165, 1.54) is 68.6 Å². The molecule has 10 heteroatoms. The van der Waals surface area contributed by atoms with Gasteiger partial charge in [-0.15, -0.1) is 0 Å². The van der Waals surface area contributed by atoms with E-state index in [0.717, 1.165) is 63.4 Å². The molecule has 1 unspecified atom stereocenters. The summed E-state index contributed by atoms with van der Waals surface area (Å²) in [5, 5.41) is 9.18. The van der Waals surface area contributed by atoms with Gasteiger partial charge >= 0.3 is 0 Å². The van der Waals surface area contributed by atoms with Crippen LogP contribution in [0.4, 0.5) is 0 Å². The number of nitrogens with one attached hydrogen (secondary N) is 3. The van der Waals surface area contributed by atoms with E-state index < -0.39 is 0 Å². The van der Waals surface area contributed by atoms with Gasteiger partial charge in [-0.1, -0.05) is 133 Å². The van der Waals surface area contributed by atoms with Gasteiger partial charge in [0.05, 0.1) is 33.2 Å². The van der Waals surface area contributed by atoms with E-state index in [4.69, 9.17) is 9.97 Å². The van der Waals surface area contributed by atoms with Crippen LogP contribution in [0, 0.1) is 0 Å². The Morgan fingerprint density at radius 3 is 1.52 bits per heavy atom. The van der Waals surface area contributed by atoms with Crippen molar-refractivity contribution in [2.24, 2.45) is 0 Å². The lowest BCUT2D eigenvalue weighted by Crippen LogP contribution is -2.27. The number of rotatable bonds is 8. The van der Waals surface area contributed by atoms with Crippen molar-refractivity contribution in [2.75, 3.05) is 39.3 Å². The number of para-hydroxylation sites is 2. The number of imidazole rings is 2. The molecular formula is C56H56N8O2. The zero-order valence-electron chi connectivity index (χ0n) is 37.3. The summed E-state index contributed by atoms with van der Waals surface area (Å²) in [5.41, 5.74) is 12.2. The second-order valence-electron chi connectivity index (χ2n) is 17.4. The van der Waals surface area contributed by atoms with E-state index in [2.05, 4.69) is 133 Å². The number of likely N-dealkylation sites (tertiary alicyclic amines) is 1. The Hall–Kier alpha value is -7.14. The van der Waals surface area contributed by atoms with Gasteiger partial charge in [0.2, 0.25) is 0 Å². The molecule has 0 bridgehead atoms. The van der Waals surface area contributed by atoms with Crippen LogP contribution in [0.15, 0.2) is 146 Å². The molecule has 10 nitrogen and oxygen atoms in total. The highest BCUT2D eigenvalue weighted by Crippen LogP contribution is 2.33. The van der Waals surface area contributed by atoms with Crippen molar-refractivity contribution >= 4 is 46.0 Å². The zero-order valence-corrected chi connectivity index (χ0v) is 37.3. The Balaban J connectivity index is 0.000000142. The molecule has 2 saturated heterocycles. The van der Waals surface area contributed by atoms with E-state index in [1.54, 1.807) is 0 Å². The predicted molar refractivity (Wildman–Crippen MR) is 266 cm³/mol. The van der Waals surface area contributed by atoms with Gasteiger partial charge in [-0.25, -0.2) is 9.97 Å². The average molecular weight is 873 g/mol. The van der Waals surface area contributed by atoms with Crippen molar-refractivity contribution in [2.45, 2.75) is 51.2 Å². The lowest BCUT2D eigenvalue weighted by atomic mass is 9.96. The molecule has 2 amide bonds. The van der Waals surface area contributed by atoms with Crippen molar-refractivity contribution in [3.05, 3.63) is 179 Å². The van der Waals surface area contributed by atoms with Crippen LogP contribution in [0.5, 0.6) is 0 Å². The van der Waals surface area contributed by atoms with Gasteiger partial charge < -0.3 is 25.1 Å². The number of carbonyl (C=O) groups is 2. The van der Waals surface area contributed by atoms with Crippen molar-refractivity contribution in [3.63, 3.8) is 0 Å². The standard InChI is InChI=1S/C28H28N4O.C24H19N3O.C4H9N/c33-28-23-9-6-10-24-26(23)32(18-15-29-28)27(30-24)22-13-11-21(12-14-22)25(31-16-4-5-17-31)19-20-7-2-1-3-8-20;28-24-20-7-4-8-21-22(20)27(16-15-25-24)23(26-21)19-13-11-18(12-14-19)10-9-17-5-2-1-3-6-17;1-2-4-5-3-1/h1-3,6-14,25H,4-5,15-19H2,(H,29,33);1-14H,15-16H2,(H,25,28);5H,1-4H2/b;10-9+;. The van der Waals surface area contributed by atoms with Crippen LogP contribution in [0.2, 0.25) is 0 Å². The number of carbonyl (C=O) groups excluding carboxylic acids is 2. The first-order valence-corrected chi connectivity index (χ1v) is 23.5. The predicted octanol–water partition coefficient (Wildman–Crippen LogP) is 9.81. The molecule has 6 heterocycles.